The average molecular weight is 563 g/mol. The normalized spacial score (nSPS) is 22.5. The summed E-state index contributed by atoms with van der Waals surface area (Å²) in [6.07, 6.45) is -2.36. The van der Waals surface area contributed by atoms with Crippen LogP contribution in [0.3, 0.4) is 0 Å². The van der Waals surface area contributed by atoms with Gasteiger partial charge in [0.15, 0.2) is 6.23 Å². The molecule has 1 saturated heterocycles. The number of nitrogens with one attached hydrogen (secondary N) is 1. The topological polar surface area (TPSA) is 182 Å². The smallest absolute Gasteiger partial charge is 0.359 e. The van der Waals surface area contributed by atoms with Crippen molar-refractivity contribution in [3.8, 4) is 0 Å². The number of hydrogen-bond acceptors (Lipinski definition) is 12. The van der Waals surface area contributed by atoms with Gasteiger partial charge in [0.25, 0.3) is 5.56 Å². The summed E-state index contributed by atoms with van der Waals surface area (Å²) in [5.74, 6) is -0.306. The van der Waals surface area contributed by atoms with Gasteiger partial charge in [-0.05, 0) is 47.6 Å². The fraction of sp³-hybridized carbons (Fsp3) is 0.652. The maximum atomic E-state index is 13.4. The van der Waals surface area contributed by atoms with Gasteiger partial charge in [0.2, 0.25) is 13.6 Å². The maximum Gasteiger partial charge on any atom is 0.359 e. The van der Waals surface area contributed by atoms with Gasteiger partial charge < -0.3 is 24.1 Å². The highest BCUT2D eigenvalue weighted by molar-refractivity contribution is 7.57. The van der Waals surface area contributed by atoms with Crippen LogP contribution in [0.1, 0.15) is 47.8 Å². The lowest BCUT2D eigenvalue weighted by molar-refractivity contribution is -0.161. The van der Waals surface area contributed by atoms with E-state index in [4.69, 9.17) is 28.0 Å². The molecule has 0 bridgehead atoms. The lowest BCUT2D eigenvalue weighted by Crippen LogP contribution is -2.38. The number of rotatable bonds is 10. The number of aromatic nitrogens is 2. The zero-order valence-corrected chi connectivity index (χ0v) is 23.3. The summed E-state index contributed by atoms with van der Waals surface area (Å²) in [7, 11) is -2.95. The Hall–Kier alpha value is -2.61. The average Bonchev–Trinajstić information content (AvgIpc) is 3.11. The fourth-order valence-electron chi connectivity index (χ4n) is 2.99. The quantitative estimate of drug-likeness (QED) is 0.239. The van der Waals surface area contributed by atoms with E-state index in [1.54, 1.807) is 41.5 Å². The van der Waals surface area contributed by atoms with Crippen LogP contribution in [0.4, 0.5) is 0 Å². The van der Waals surface area contributed by atoms with Crippen molar-refractivity contribution < 1.29 is 47.3 Å². The number of aliphatic hydroxyl groups excluding tert-OH is 1. The Labute approximate surface area is 219 Å². The number of esters is 2. The third-order valence-corrected chi connectivity index (χ3v) is 6.64. The van der Waals surface area contributed by atoms with E-state index in [1.807, 2.05) is 0 Å². The van der Waals surface area contributed by atoms with Gasteiger partial charge in [-0.2, -0.15) is 0 Å². The van der Waals surface area contributed by atoms with Crippen molar-refractivity contribution in [1.82, 2.24) is 9.55 Å². The minimum Gasteiger partial charge on any atom is -0.438 e. The molecule has 1 unspecified atom stereocenters. The monoisotopic (exact) mass is 562 g/mol. The summed E-state index contributed by atoms with van der Waals surface area (Å²) in [6.45, 7) is 8.22. The lowest BCUT2D eigenvalue weighted by Gasteiger charge is -2.20. The molecule has 38 heavy (non-hydrogen) atoms. The molecule has 0 aromatic carbocycles. The van der Waals surface area contributed by atoms with Crippen molar-refractivity contribution in [3.63, 3.8) is 0 Å². The SMILES string of the molecule is COC1[C@@H](O)[C@@H](/C=C/P(=O)(OCOC(=O)C(C)(C)C)OCOC(=O)C(C)(C)C)O[C@H]1n1ccc(=O)[nH]c1=O. The molecular formula is C23H35N2O12P. The molecule has 2 heterocycles. The second-order valence-corrected chi connectivity index (χ2v) is 12.3. The standard InChI is InChI=1S/C23H35N2O12P/c1-22(2,3)19(28)33-12-35-38(31,36-13-34-20(29)23(4,5)6)11-9-14-16(27)17(32-7)18(37-14)25-10-8-15(26)24-21(25)30/h8-11,14,16-18,27H,12-13H2,1-7H3,(H,24,26,30)/b11-9+/t14-,16+,17?,18-/m1/s1. The molecule has 1 aromatic heterocycles. The van der Waals surface area contributed by atoms with Crippen LogP contribution >= 0.6 is 7.60 Å². The van der Waals surface area contributed by atoms with Crippen LogP contribution in [0.15, 0.2) is 33.7 Å². The molecule has 1 fully saturated rings. The number of hydrogen-bond donors (Lipinski definition) is 2. The van der Waals surface area contributed by atoms with Gasteiger partial charge in [0.05, 0.1) is 10.8 Å². The second kappa shape index (κ2) is 12.5. The van der Waals surface area contributed by atoms with Crippen LogP contribution in [0.25, 0.3) is 0 Å². The van der Waals surface area contributed by atoms with E-state index in [2.05, 4.69) is 4.98 Å². The highest BCUT2D eigenvalue weighted by Crippen LogP contribution is 2.50. The van der Waals surface area contributed by atoms with E-state index < -0.39 is 79.7 Å². The van der Waals surface area contributed by atoms with E-state index in [9.17, 15) is 28.8 Å². The Balaban J connectivity index is 2.22. The van der Waals surface area contributed by atoms with Crippen LogP contribution in [0.5, 0.6) is 0 Å². The van der Waals surface area contributed by atoms with Gasteiger partial charge in [-0.15, -0.1) is 0 Å². The minimum absolute atomic E-state index is 0.621. The Morgan fingerprint density at radius 2 is 1.61 bits per heavy atom. The first-order valence-electron chi connectivity index (χ1n) is 11.6. The molecule has 0 amide bonds. The minimum atomic E-state index is -4.23. The number of H-pyrrole nitrogens is 1. The zero-order valence-electron chi connectivity index (χ0n) is 22.4. The summed E-state index contributed by atoms with van der Waals surface area (Å²) >= 11 is 0. The van der Waals surface area contributed by atoms with E-state index in [-0.39, 0.29) is 0 Å². The lowest BCUT2D eigenvalue weighted by atomic mass is 9.98. The van der Waals surface area contributed by atoms with Crippen LogP contribution in [0.2, 0.25) is 0 Å². The molecule has 2 rings (SSSR count). The van der Waals surface area contributed by atoms with E-state index in [0.29, 0.717) is 0 Å². The van der Waals surface area contributed by atoms with Crippen LogP contribution in [-0.2, 0) is 42.1 Å². The van der Waals surface area contributed by atoms with Crippen molar-refractivity contribution in [3.05, 3.63) is 45.0 Å². The van der Waals surface area contributed by atoms with Crippen LogP contribution < -0.4 is 11.2 Å². The molecule has 214 valence electrons. The number of carbonyl (C=O) groups is 2. The fourth-order valence-corrected chi connectivity index (χ4v) is 4.02. The van der Waals surface area contributed by atoms with E-state index >= 15 is 0 Å². The predicted molar refractivity (Wildman–Crippen MR) is 132 cm³/mol. The number of carbonyl (C=O) groups excluding carboxylic acids is 2. The van der Waals surface area contributed by atoms with Crippen molar-refractivity contribution in [1.29, 1.82) is 0 Å². The highest BCUT2D eigenvalue weighted by atomic mass is 31.2. The first kappa shape index (κ1) is 31.6. The largest absolute Gasteiger partial charge is 0.438 e. The number of ether oxygens (including phenoxy) is 4. The third-order valence-electron chi connectivity index (χ3n) is 5.18. The zero-order chi connectivity index (χ0) is 28.9. The molecular weight excluding hydrogens is 527 g/mol. The van der Waals surface area contributed by atoms with E-state index in [0.717, 1.165) is 22.5 Å². The molecule has 0 aliphatic carbocycles. The number of aliphatic hydroxyl groups is 1. The van der Waals surface area contributed by atoms with Crippen molar-refractivity contribution in [2.24, 2.45) is 10.8 Å². The summed E-state index contributed by atoms with van der Waals surface area (Å²) in [5.41, 5.74) is -3.11. The highest BCUT2D eigenvalue weighted by Gasteiger charge is 2.45. The molecule has 0 radical (unpaired) electrons. The summed E-state index contributed by atoms with van der Waals surface area (Å²) in [5, 5.41) is 10.7. The molecule has 15 heteroatoms. The summed E-state index contributed by atoms with van der Waals surface area (Å²) in [4.78, 5) is 49.7. The molecule has 14 nitrogen and oxygen atoms in total. The van der Waals surface area contributed by atoms with Crippen molar-refractivity contribution in [2.75, 3.05) is 20.7 Å². The van der Waals surface area contributed by atoms with Crippen molar-refractivity contribution >= 4 is 19.5 Å². The number of aromatic amines is 1. The van der Waals surface area contributed by atoms with Gasteiger partial charge in [0, 0.05) is 25.2 Å². The van der Waals surface area contributed by atoms with E-state index in [1.165, 1.54) is 13.3 Å². The molecule has 2 N–H and O–H groups in total. The molecule has 1 aliphatic heterocycles. The van der Waals surface area contributed by atoms with Gasteiger partial charge in [-0.1, -0.05) is 0 Å². The molecule has 1 aromatic rings. The predicted octanol–water partition coefficient (Wildman–Crippen LogP) is 1.64. The first-order valence-corrected chi connectivity index (χ1v) is 13.2. The van der Waals surface area contributed by atoms with Crippen LogP contribution in [-0.4, -0.2) is 65.6 Å². The first-order chi connectivity index (χ1) is 17.5. The Bertz CT molecular complexity index is 1140. The Morgan fingerprint density at radius 3 is 2.05 bits per heavy atom. The van der Waals surface area contributed by atoms with Gasteiger partial charge >= 0.3 is 25.2 Å². The second-order valence-electron chi connectivity index (χ2n) is 10.4. The Morgan fingerprint density at radius 1 is 1.08 bits per heavy atom. The molecule has 0 saturated carbocycles. The number of methoxy groups -OCH3 is 1. The maximum absolute atomic E-state index is 13.4. The Kier molecular flexibility index (Phi) is 10.4. The van der Waals surface area contributed by atoms with Gasteiger partial charge in [0.1, 0.15) is 18.3 Å². The third kappa shape index (κ3) is 8.45. The van der Waals surface area contributed by atoms with Crippen molar-refractivity contribution in [2.45, 2.75) is 66.1 Å². The summed E-state index contributed by atoms with van der Waals surface area (Å²) in [6, 6.07) is 1.10. The molecule has 4 atom stereocenters. The summed E-state index contributed by atoms with van der Waals surface area (Å²) < 4.78 is 45.8. The molecule has 1 aliphatic rings. The number of nitrogens with zero attached hydrogens (tertiary/aromatic N) is 1. The molecule has 0 spiro atoms. The van der Waals surface area contributed by atoms with Gasteiger partial charge in [-0.25, -0.2) is 4.79 Å². The van der Waals surface area contributed by atoms with Gasteiger partial charge in [-0.3, -0.25) is 37.5 Å². The van der Waals surface area contributed by atoms with Crippen LogP contribution in [0, 0.1) is 10.8 Å².